The van der Waals surface area contributed by atoms with Crippen LogP contribution in [0.5, 0.6) is 0 Å². The normalized spacial score (nSPS) is 23.4. The summed E-state index contributed by atoms with van der Waals surface area (Å²) in [6, 6.07) is 8.23. The van der Waals surface area contributed by atoms with Crippen LogP contribution < -0.4 is 4.90 Å². The van der Waals surface area contributed by atoms with Gasteiger partial charge in [0.25, 0.3) is 0 Å². The molecule has 3 heteroatoms. The third-order valence-corrected chi connectivity index (χ3v) is 4.29. The molecule has 1 fully saturated rings. The minimum Gasteiger partial charge on any atom is -0.370 e. The summed E-state index contributed by atoms with van der Waals surface area (Å²) in [6.45, 7) is 2.32. The van der Waals surface area contributed by atoms with Crippen molar-refractivity contribution in [2.75, 3.05) is 11.9 Å². The van der Waals surface area contributed by atoms with E-state index in [1.54, 1.807) is 6.07 Å². The highest BCUT2D eigenvalue weighted by Crippen LogP contribution is 2.33. The molecular weight excluding hydrogens is 244 g/mol. The second-order valence-corrected chi connectivity index (χ2v) is 5.71. The molecule has 1 saturated carbocycles. The maximum atomic E-state index is 8.85. The van der Waals surface area contributed by atoms with Crippen molar-refractivity contribution in [3.63, 3.8) is 0 Å². The first-order valence-electron chi connectivity index (χ1n) is 6.54. The van der Waals surface area contributed by atoms with E-state index < -0.39 is 0 Å². The van der Waals surface area contributed by atoms with E-state index in [2.05, 4.69) is 24.9 Å². The third kappa shape index (κ3) is 2.79. The van der Waals surface area contributed by atoms with Crippen LogP contribution in [0.2, 0.25) is 5.02 Å². The smallest absolute Gasteiger partial charge is 0.0992 e. The van der Waals surface area contributed by atoms with Gasteiger partial charge in [-0.15, -0.1) is 0 Å². The Balaban J connectivity index is 2.14. The molecular formula is C15H19ClN2. The molecule has 0 bridgehead atoms. The maximum Gasteiger partial charge on any atom is 0.0992 e. The molecule has 1 aliphatic rings. The SMILES string of the molecule is CC1CCC(N(C)c2ccc(C#N)cc2Cl)CC1. The molecule has 1 aromatic carbocycles. The molecule has 0 heterocycles. The Morgan fingerprint density at radius 3 is 2.50 bits per heavy atom. The lowest BCUT2D eigenvalue weighted by Gasteiger charge is -2.35. The van der Waals surface area contributed by atoms with Crippen molar-refractivity contribution >= 4 is 17.3 Å². The van der Waals surface area contributed by atoms with Gasteiger partial charge in [0.05, 0.1) is 22.3 Å². The van der Waals surface area contributed by atoms with Gasteiger partial charge < -0.3 is 4.90 Å². The molecule has 0 atom stereocenters. The molecule has 1 aromatic rings. The highest BCUT2D eigenvalue weighted by atomic mass is 35.5. The van der Waals surface area contributed by atoms with Gasteiger partial charge in [-0.2, -0.15) is 5.26 Å². The monoisotopic (exact) mass is 262 g/mol. The Morgan fingerprint density at radius 2 is 1.94 bits per heavy atom. The van der Waals surface area contributed by atoms with Crippen LogP contribution in [0.3, 0.4) is 0 Å². The summed E-state index contributed by atoms with van der Waals surface area (Å²) in [5.41, 5.74) is 1.66. The molecule has 96 valence electrons. The van der Waals surface area contributed by atoms with E-state index in [-0.39, 0.29) is 0 Å². The van der Waals surface area contributed by atoms with Gasteiger partial charge in [0.15, 0.2) is 0 Å². The first-order chi connectivity index (χ1) is 8.61. The lowest BCUT2D eigenvalue weighted by atomic mass is 9.86. The molecule has 0 aromatic heterocycles. The van der Waals surface area contributed by atoms with Crippen molar-refractivity contribution in [1.82, 2.24) is 0 Å². The second-order valence-electron chi connectivity index (χ2n) is 5.30. The summed E-state index contributed by atoms with van der Waals surface area (Å²) in [4.78, 5) is 2.27. The average molecular weight is 263 g/mol. The van der Waals surface area contributed by atoms with Gasteiger partial charge in [0.2, 0.25) is 0 Å². The Labute approximate surface area is 114 Å². The molecule has 0 saturated heterocycles. The van der Waals surface area contributed by atoms with Gasteiger partial charge in [-0.25, -0.2) is 0 Å². The van der Waals surface area contributed by atoms with E-state index in [1.807, 2.05) is 12.1 Å². The molecule has 0 unspecified atom stereocenters. The standard InChI is InChI=1S/C15H19ClN2/c1-11-3-6-13(7-4-11)18(2)15-8-5-12(10-17)9-14(15)16/h5,8-9,11,13H,3-4,6-7H2,1-2H3. The molecule has 2 nitrogen and oxygen atoms in total. The quantitative estimate of drug-likeness (QED) is 0.798. The van der Waals surface area contributed by atoms with Gasteiger partial charge >= 0.3 is 0 Å². The summed E-state index contributed by atoms with van der Waals surface area (Å²) >= 11 is 6.26. The zero-order chi connectivity index (χ0) is 13.1. The summed E-state index contributed by atoms with van der Waals surface area (Å²) in [7, 11) is 2.11. The van der Waals surface area contributed by atoms with Crippen LogP contribution in [0.1, 0.15) is 38.2 Å². The Bertz CT molecular complexity index is 456. The first kappa shape index (κ1) is 13.2. The fraction of sp³-hybridized carbons (Fsp3) is 0.533. The highest BCUT2D eigenvalue weighted by Gasteiger charge is 2.23. The Hall–Kier alpha value is -1.20. The molecule has 0 spiro atoms. The van der Waals surface area contributed by atoms with Crippen LogP contribution in [0.15, 0.2) is 18.2 Å². The number of nitrogens with zero attached hydrogens (tertiary/aromatic N) is 2. The predicted molar refractivity (Wildman–Crippen MR) is 76.0 cm³/mol. The molecule has 2 rings (SSSR count). The summed E-state index contributed by atoms with van der Waals surface area (Å²) in [6.07, 6.45) is 5.05. The molecule has 0 radical (unpaired) electrons. The zero-order valence-electron chi connectivity index (χ0n) is 11.0. The fourth-order valence-corrected chi connectivity index (χ4v) is 3.00. The van der Waals surface area contributed by atoms with Crippen LogP contribution in [0.4, 0.5) is 5.69 Å². The second kappa shape index (κ2) is 5.63. The van der Waals surface area contributed by atoms with E-state index in [9.17, 15) is 0 Å². The van der Waals surface area contributed by atoms with Crippen LogP contribution in [-0.2, 0) is 0 Å². The van der Waals surface area contributed by atoms with Crippen LogP contribution in [0.25, 0.3) is 0 Å². The molecule has 0 amide bonds. The molecule has 0 N–H and O–H groups in total. The number of anilines is 1. The maximum absolute atomic E-state index is 8.85. The number of hydrogen-bond acceptors (Lipinski definition) is 2. The highest BCUT2D eigenvalue weighted by molar-refractivity contribution is 6.33. The summed E-state index contributed by atoms with van der Waals surface area (Å²) in [5.74, 6) is 0.853. The van der Waals surface area contributed by atoms with E-state index in [0.29, 0.717) is 16.6 Å². The van der Waals surface area contributed by atoms with Crippen molar-refractivity contribution in [3.8, 4) is 6.07 Å². The van der Waals surface area contributed by atoms with Crippen molar-refractivity contribution in [2.24, 2.45) is 5.92 Å². The Kier molecular flexibility index (Phi) is 4.14. The summed E-state index contributed by atoms with van der Waals surface area (Å²) < 4.78 is 0. The topological polar surface area (TPSA) is 27.0 Å². The lowest BCUT2D eigenvalue weighted by Crippen LogP contribution is -2.34. The van der Waals surface area contributed by atoms with Crippen molar-refractivity contribution in [3.05, 3.63) is 28.8 Å². The number of rotatable bonds is 2. The van der Waals surface area contributed by atoms with E-state index >= 15 is 0 Å². The number of nitriles is 1. The summed E-state index contributed by atoms with van der Waals surface area (Å²) in [5, 5.41) is 9.52. The predicted octanol–water partition coefficient (Wildman–Crippen LogP) is 4.23. The number of benzene rings is 1. The van der Waals surface area contributed by atoms with E-state index in [1.165, 1.54) is 25.7 Å². The van der Waals surface area contributed by atoms with Crippen molar-refractivity contribution in [1.29, 1.82) is 5.26 Å². The first-order valence-corrected chi connectivity index (χ1v) is 6.92. The van der Waals surface area contributed by atoms with E-state index in [4.69, 9.17) is 16.9 Å². The van der Waals surface area contributed by atoms with Crippen LogP contribution in [0, 0.1) is 17.2 Å². The van der Waals surface area contributed by atoms with Gasteiger partial charge in [-0.3, -0.25) is 0 Å². The van der Waals surface area contributed by atoms with Gasteiger partial charge in [0, 0.05) is 13.1 Å². The number of halogens is 1. The number of hydrogen-bond donors (Lipinski definition) is 0. The van der Waals surface area contributed by atoms with E-state index in [0.717, 1.165) is 11.6 Å². The molecule has 0 aliphatic heterocycles. The molecule has 1 aliphatic carbocycles. The van der Waals surface area contributed by atoms with Gasteiger partial charge in [-0.1, -0.05) is 18.5 Å². The molecule has 18 heavy (non-hydrogen) atoms. The van der Waals surface area contributed by atoms with Crippen molar-refractivity contribution < 1.29 is 0 Å². The minimum atomic E-state index is 0.576. The largest absolute Gasteiger partial charge is 0.370 e. The van der Waals surface area contributed by atoms with Gasteiger partial charge in [-0.05, 0) is 49.8 Å². The lowest BCUT2D eigenvalue weighted by molar-refractivity contribution is 0.341. The fourth-order valence-electron chi connectivity index (χ4n) is 2.69. The Morgan fingerprint density at radius 1 is 1.28 bits per heavy atom. The zero-order valence-corrected chi connectivity index (χ0v) is 11.7. The third-order valence-electron chi connectivity index (χ3n) is 3.99. The van der Waals surface area contributed by atoms with Crippen molar-refractivity contribution in [2.45, 2.75) is 38.6 Å². The average Bonchev–Trinajstić information content (AvgIpc) is 2.38. The van der Waals surface area contributed by atoms with Crippen LogP contribution >= 0.6 is 11.6 Å². The minimum absolute atomic E-state index is 0.576. The van der Waals surface area contributed by atoms with Gasteiger partial charge in [0.1, 0.15) is 0 Å². The van der Waals surface area contributed by atoms with Crippen LogP contribution in [-0.4, -0.2) is 13.1 Å².